The molecule has 0 aromatic heterocycles. The van der Waals surface area contributed by atoms with Crippen LogP contribution in [-0.4, -0.2) is 37.6 Å². The maximum Gasteiger partial charge on any atom is 0.339 e. The van der Waals surface area contributed by atoms with Crippen LogP contribution < -0.4 is 19.5 Å². The number of methoxy groups -OCH3 is 1. The number of phenols is 1. The van der Waals surface area contributed by atoms with Gasteiger partial charge in [0.15, 0.2) is 0 Å². The van der Waals surface area contributed by atoms with Crippen molar-refractivity contribution < 1.29 is 37.7 Å². The van der Waals surface area contributed by atoms with E-state index in [1.165, 1.54) is 19.2 Å². The molecule has 10 nitrogen and oxygen atoms in total. The van der Waals surface area contributed by atoms with E-state index in [1.807, 2.05) is 25.1 Å². The zero-order valence-corrected chi connectivity index (χ0v) is 25.7. The molecule has 0 atom stereocenters. The third-order valence-corrected chi connectivity index (χ3v) is 8.33. The molecule has 46 heavy (non-hydrogen) atoms. The highest BCUT2D eigenvalue weighted by Crippen LogP contribution is 2.27. The summed E-state index contributed by atoms with van der Waals surface area (Å²) < 4.78 is 39.6. The quantitative estimate of drug-likeness (QED) is 0.125. The minimum Gasteiger partial charge on any atom is -0.508 e. The van der Waals surface area contributed by atoms with Crippen molar-refractivity contribution in [2.45, 2.75) is 18.4 Å². The fraction of sp³-hybridized carbons (Fsp3) is 0.0857. The number of hydrogen-bond donors (Lipinski definition) is 4. The highest BCUT2D eigenvalue weighted by molar-refractivity contribution is 7.92. The summed E-state index contributed by atoms with van der Waals surface area (Å²) in [7, 11) is -2.81. The SMILES string of the molecule is COc1ccc(S(=O)(=O)Nc2cc(C)cc(COc3cccc(NC(=O)c4ccc(-c5ccc(O)cc5)cc4)c3)c2)cc1C(=O)O. The number of aryl methyl sites for hydroxylation is 1. The van der Waals surface area contributed by atoms with Crippen LogP contribution in [0.2, 0.25) is 0 Å². The van der Waals surface area contributed by atoms with Gasteiger partial charge in [-0.3, -0.25) is 9.52 Å². The molecule has 0 unspecified atom stereocenters. The van der Waals surface area contributed by atoms with Gasteiger partial charge in [-0.15, -0.1) is 0 Å². The third kappa shape index (κ3) is 7.63. The number of phenolic OH excluding ortho intramolecular Hbond substituents is 1. The van der Waals surface area contributed by atoms with Crippen molar-refractivity contribution in [3.8, 4) is 28.4 Å². The number of hydrogen-bond acceptors (Lipinski definition) is 7. The number of anilines is 2. The molecule has 234 valence electrons. The molecular formula is C35H30N2O8S. The number of sulfonamides is 1. The molecule has 1 amide bonds. The molecule has 0 radical (unpaired) electrons. The van der Waals surface area contributed by atoms with Gasteiger partial charge in [-0.25, -0.2) is 13.2 Å². The van der Waals surface area contributed by atoms with Crippen molar-refractivity contribution in [2.75, 3.05) is 17.1 Å². The predicted octanol–water partition coefficient (Wildman–Crippen LogP) is 6.71. The average Bonchev–Trinajstić information content (AvgIpc) is 3.03. The van der Waals surface area contributed by atoms with Crippen molar-refractivity contribution in [1.29, 1.82) is 0 Å². The van der Waals surface area contributed by atoms with Crippen molar-refractivity contribution in [3.63, 3.8) is 0 Å². The first-order chi connectivity index (χ1) is 22.0. The fourth-order valence-electron chi connectivity index (χ4n) is 4.74. The van der Waals surface area contributed by atoms with Gasteiger partial charge in [0.1, 0.15) is 29.4 Å². The Bertz CT molecular complexity index is 2010. The summed E-state index contributed by atoms with van der Waals surface area (Å²) >= 11 is 0. The number of carboxylic acid groups (broad SMARTS) is 1. The van der Waals surface area contributed by atoms with E-state index >= 15 is 0 Å². The van der Waals surface area contributed by atoms with E-state index in [2.05, 4.69) is 10.0 Å². The number of benzene rings is 5. The molecule has 0 heterocycles. The minimum atomic E-state index is -4.11. The molecule has 5 aromatic rings. The van der Waals surface area contributed by atoms with Gasteiger partial charge in [-0.1, -0.05) is 36.4 Å². The second-order valence-corrected chi connectivity index (χ2v) is 12.1. The number of nitrogens with one attached hydrogen (secondary N) is 2. The smallest absolute Gasteiger partial charge is 0.339 e. The number of carbonyl (C=O) groups is 2. The molecule has 0 fully saturated rings. The number of amides is 1. The molecular weight excluding hydrogens is 608 g/mol. The number of ether oxygens (including phenoxy) is 2. The Kier molecular flexibility index (Phi) is 9.24. The first-order valence-electron chi connectivity index (χ1n) is 14.0. The van der Waals surface area contributed by atoms with Gasteiger partial charge in [-0.05, 0) is 95.9 Å². The first kappa shape index (κ1) is 31.6. The summed E-state index contributed by atoms with van der Waals surface area (Å²) in [4.78, 5) is 24.2. The van der Waals surface area contributed by atoms with Crippen molar-refractivity contribution >= 4 is 33.3 Å². The number of aromatic hydroxyl groups is 1. The molecule has 0 aliphatic carbocycles. The number of rotatable bonds is 11. The lowest BCUT2D eigenvalue weighted by Crippen LogP contribution is -2.14. The van der Waals surface area contributed by atoms with Gasteiger partial charge >= 0.3 is 5.97 Å². The standard InChI is InChI=1S/C35H30N2O8S/c1-22-16-23(18-28(17-22)37-46(42,43)31-14-15-33(44-2)32(20-31)35(40)41)21-45-30-5-3-4-27(19-30)36-34(39)26-8-6-24(7-9-26)25-10-12-29(38)13-11-25/h3-20,37-38H,21H2,1-2H3,(H,36,39)(H,40,41). The van der Waals surface area contributed by atoms with Crippen molar-refractivity contribution in [1.82, 2.24) is 0 Å². The van der Waals surface area contributed by atoms with E-state index in [1.54, 1.807) is 72.8 Å². The minimum absolute atomic E-state index is 0.0469. The zero-order valence-electron chi connectivity index (χ0n) is 24.9. The Morgan fingerprint density at radius 3 is 2.17 bits per heavy atom. The summed E-state index contributed by atoms with van der Waals surface area (Å²) in [6.07, 6.45) is 0. The number of carbonyl (C=O) groups excluding carboxylic acids is 1. The molecule has 11 heteroatoms. The third-order valence-electron chi connectivity index (χ3n) is 6.95. The molecule has 4 N–H and O–H groups in total. The molecule has 0 aliphatic rings. The van der Waals surface area contributed by atoms with E-state index < -0.39 is 16.0 Å². The topological polar surface area (TPSA) is 151 Å². The average molecular weight is 639 g/mol. The maximum atomic E-state index is 13.1. The number of carboxylic acids is 1. The highest BCUT2D eigenvalue weighted by atomic mass is 32.2. The summed E-state index contributed by atoms with van der Waals surface area (Å²) in [6.45, 7) is 1.92. The van der Waals surface area contributed by atoms with Crippen LogP contribution in [-0.2, 0) is 16.6 Å². The molecule has 5 rings (SSSR count). The second-order valence-electron chi connectivity index (χ2n) is 10.4. The summed E-state index contributed by atoms with van der Waals surface area (Å²) in [5.74, 6) is -0.887. The second kappa shape index (κ2) is 13.4. The normalized spacial score (nSPS) is 11.0. The van der Waals surface area contributed by atoms with Gasteiger partial charge in [-0.2, -0.15) is 0 Å². The monoisotopic (exact) mass is 638 g/mol. The van der Waals surface area contributed by atoms with E-state index in [0.717, 1.165) is 22.8 Å². The van der Waals surface area contributed by atoms with E-state index in [9.17, 15) is 28.2 Å². The summed E-state index contributed by atoms with van der Waals surface area (Å²) in [6, 6.07) is 29.6. The lowest BCUT2D eigenvalue weighted by atomic mass is 10.0. The van der Waals surface area contributed by atoms with Gasteiger partial charge in [0.2, 0.25) is 0 Å². The van der Waals surface area contributed by atoms with Crippen LogP contribution in [0.25, 0.3) is 11.1 Å². The van der Waals surface area contributed by atoms with Crippen LogP contribution in [0.4, 0.5) is 11.4 Å². The van der Waals surface area contributed by atoms with Crippen LogP contribution in [0, 0.1) is 6.92 Å². The van der Waals surface area contributed by atoms with Crippen molar-refractivity contribution in [2.24, 2.45) is 0 Å². The van der Waals surface area contributed by atoms with Gasteiger partial charge < -0.3 is 25.0 Å². The molecule has 0 aliphatic heterocycles. The molecule has 5 aromatic carbocycles. The number of aromatic carboxylic acids is 1. The van der Waals surface area contributed by atoms with Crippen LogP contribution in [0.15, 0.2) is 114 Å². The van der Waals surface area contributed by atoms with E-state index in [-0.39, 0.29) is 40.2 Å². The van der Waals surface area contributed by atoms with Crippen LogP contribution in [0.3, 0.4) is 0 Å². The van der Waals surface area contributed by atoms with Gasteiger partial charge in [0.25, 0.3) is 15.9 Å². The summed E-state index contributed by atoms with van der Waals surface area (Å²) in [5.41, 5.74) is 4.29. The van der Waals surface area contributed by atoms with Gasteiger partial charge in [0.05, 0.1) is 12.0 Å². The van der Waals surface area contributed by atoms with E-state index in [0.29, 0.717) is 22.6 Å². The van der Waals surface area contributed by atoms with Crippen LogP contribution in [0.5, 0.6) is 17.2 Å². The Morgan fingerprint density at radius 2 is 1.50 bits per heavy atom. The molecule has 0 spiro atoms. The zero-order chi connectivity index (χ0) is 32.8. The Hall–Kier alpha value is -5.81. The van der Waals surface area contributed by atoms with Gasteiger partial charge in [0, 0.05) is 23.0 Å². The van der Waals surface area contributed by atoms with E-state index in [4.69, 9.17) is 9.47 Å². The fourth-order valence-corrected chi connectivity index (χ4v) is 5.81. The Balaban J connectivity index is 1.24. The maximum absolute atomic E-state index is 13.1. The predicted molar refractivity (Wildman–Crippen MR) is 174 cm³/mol. The highest BCUT2D eigenvalue weighted by Gasteiger charge is 2.20. The molecule has 0 saturated carbocycles. The largest absolute Gasteiger partial charge is 0.508 e. The Morgan fingerprint density at radius 1 is 0.804 bits per heavy atom. The Labute approximate surface area is 265 Å². The van der Waals surface area contributed by atoms with Crippen molar-refractivity contribution in [3.05, 3.63) is 131 Å². The molecule has 0 bridgehead atoms. The lowest BCUT2D eigenvalue weighted by molar-refractivity contribution is 0.0692. The summed E-state index contributed by atoms with van der Waals surface area (Å²) in [5, 5.41) is 21.8. The molecule has 0 saturated heterocycles. The lowest BCUT2D eigenvalue weighted by Gasteiger charge is -2.13. The van der Waals surface area contributed by atoms with Crippen LogP contribution in [0.1, 0.15) is 31.8 Å². The van der Waals surface area contributed by atoms with Crippen LogP contribution >= 0.6 is 0 Å². The first-order valence-corrected chi connectivity index (χ1v) is 15.5.